The minimum Gasteiger partial charge on any atom is -0.326 e. The van der Waals surface area contributed by atoms with Gasteiger partial charge in [0.1, 0.15) is 0 Å². The highest BCUT2D eigenvalue weighted by molar-refractivity contribution is 7.86. The first-order chi connectivity index (χ1) is 10.9. The van der Waals surface area contributed by atoms with Crippen molar-refractivity contribution in [1.82, 2.24) is 8.61 Å². The normalized spacial score (nSPS) is 19.7. The molecule has 1 atom stereocenters. The highest BCUT2D eigenvalue weighted by atomic mass is 32.2. The molecule has 1 fully saturated rings. The van der Waals surface area contributed by atoms with Crippen LogP contribution in [0.5, 0.6) is 0 Å². The third-order valence-corrected chi connectivity index (χ3v) is 6.11. The molecule has 7 heteroatoms. The van der Waals surface area contributed by atoms with Gasteiger partial charge in [-0.2, -0.15) is 17.0 Å². The van der Waals surface area contributed by atoms with Crippen LogP contribution >= 0.6 is 0 Å². The number of nitrogens with zero attached hydrogens (tertiary/aromatic N) is 2. The minimum absolute atomic E-state index is 0.107. The standard InChI is InChI=1S/C16H25N3O3S/c1-4-13-8-5-6-10-15(13)17-16(20)14-9-7-11-19(12-14)23(21,22)18(2)3/h5-6,8,10,14H,4,7,9,11-12H2,1-3H3,(H,17,20). The number of rotatable bonds is 5. The lowest BCUT2D eigenvalue weighted by Crippen LogP contribution is -2.47. The first kappa shape index (κ1) is 17.9. The van der Waals surface area contributed by atoms with Gasteiger partial charge in [-0.25, -0.2) is 0 Å². The summed E-state index contributed by atoms with van der Waals surface area (Å²) in [5, 5.41) is 2.96. The molecule has 1 aromatic carbocycles. The molecule has 0 saturated carbocycles. The highest BCUT2D eigenvalue weighted by Crippen LogP contribution is 2.23. The summed E-state index contributed by atoms with van der Waals surface area (Å²) in [6.07, 6.45) is 2.24. The fraction of sp³-hybridized carbons (Fsp3) is 0.562. The Labute approximate surface area is 138 Å². The number of aryl methyl sites for hydroxylation is 1. The number of anilines is 1. The summed E-state index contributed by atoms with van der Waals surface area (Å²) in [5.41, 5.74) is 1.89. The fourth-order valence-electron chi connectivity index (χ4n) is 2.78. The van der Waals surface area contributed by atoms with Crippen LogP contribution in [-0.4, -0.2) is 50.1 Å². The Hall–Kier alpha value is -1.44. The average Bonchev–Trinajstić information content (AvgIpc) is 2.55. The topological polar surface area (TPSA) is 69.7 Å². The molecule has 1 unspecified atom stereocenters. The molecule has 23 heavy (non-hydrogen) atoms. The lowest BCUT2D eigenvalue weighted by Gasteiger charge is -2.32. The highest BCUT2D eigenvalue weighted by Gasteiger charge is 2.33. The molecular weight excluding hydrogens is 314 g/mol. The van der Waals surface area contributed by atoms with E-state index in [1.807, 2.05) is 31.2 Å². The van der Waals surface area contributed by atoms with Gasteiger partial charge in [0.2, 0.25) is 5.91 Å². The van der Waals surface area contributed by atoms with Crippen LogP contribution in [0.4, 0.5) is 5.69 Å². The first-order valence-electron chi connectivity index (χ1n) is 7.92. The molecule has 1 aromatic rings. The van der Waals surface area contributed by atoms with Crippen molar-refractivity contribution in [3.63, 3.8) is 0 Å². The van der Waals surface area contributed by atoms with E-state index < -0.39 is 10.2 Å². The van der Waals surface area contributed by atoms with Crippen molar-refractivity contribution in [1.29, 1.82) is 0 Å². The van der Waals surface area contributed by atoms with Gasteiger partial charge in [-0.3, -0.25) is 4.79 Å². The number of amides is 1. The van der Waals surface area contributed by atoms with Crippen LogP contribution in [0.3, 0.4) is 0 Å². The van der Waals surface area contributed by atoms with Crippen LogP contribution in [-0.2, 0) is 21.4 Å². The summed E-state index contributed by atoms with van der Waals surface area (Å²) in [4.78, 5) is 12.5. The smallest absolute Gasteiger partial charge is 0.281 e. The lowest BCUT2D eigenvalue weighted by molar-refractivity contribution is -0.120. The number of carbonyl (C=O) groups excluding carboxylic acids is 1. The second-order valence-electron chi connectivity index (χ2n) is 5.99. The Morgan fingerprint density at radius 3 is 2.70 bits per heavy atom. The van der Waals surface area contributed by atoms with Gasteiger partial charge < -0.3 is 5.32 Å². The predicted molar refractivity (Wildman–Crippen MR) is 91.4 cm³/mol. The van der Waals surface area contributed by atoms with Crippen molar-refractivity contribution < 1.29 is 13.2 Å². The van der Waals surface area contributed by atoms with Crippen LogP contribution in [0.2, 0.25) is 0 Å². The van der Waals surface area contributed by atoms with Crippen LogP contribution in [0, 0.1) is 5.92 Å². The predicted octanol–water partition coefficient (Wildman–Crippen LogP) is 1.71. The van der Waals surface area contributed by atoms with Crippen LogP contribution in [0.25, 0.3) is 0 Å². The number of carbonyl (C=O) groups is 1. The molecule has 2 rings (SSSR count). The van der Waals surface area contributed by atoms with Crippen LogP contribution < -0.4 is 5.32 Å². The monoisotopic (exact) mass is 339 g/mol. The molecule has 1 aliphatic rings. The Morgan fingerprint density at radius 1 is 1.35 bits per heavy atom. The van der Waals surface area contributed by atoms with Crippen molar-refractivity contribution in [2.75, 3.05) is 32.5 Å². The Bertz CT molecular complexity index is 658. The summed E-state index contributed by atoms with van der Waals surface area (Å²) >= 11 is 0. The van der Waals surface area contributed by atoms with Gasteiger partial charge in [-0.15, -0.1) is 0 Å². The Balaban J connectivity index is 2.08. The van der Waals surface area contributed by atoms with Crippen molar-refractivity contribution >= 4 is 21.8 Å². The number of piperidine rings is 1. The van der Waals surface area contributed by atoms with Crippen molar-refractivity contribution in [3.8, 4) is 0 Å². The number of hydrogen-bond donors (Lipinski definition) is 1. The molecule has 1 amide bonds. The third-order valence-electron chi connectivity index (χ3n) is 4.20. The van der Waals surface area contributed by atoms with E-state index in [1.165, 1.54) is 22.7 Å². The van der Waals surface area contributed by atoms with E-state index in [0.29, 0.717) is 19.4 Å². The van der Waals surface area contributed by atoms with Crippen molar-refractivity contribution in [2.45, 2.75) is 26.2 Å². The van der Waals surface area contributed by atoms with E-state index in [1.54, 1.807) is 0 Å². The number of nitrogens with one attached hydrogen (secondary N) is 1. The molecule has 1 N–H and O–H groups in total. The van der Waals surface area contributed by atoms with Gasteiger partial charge in [0.05, 0.1) is 5.92 Å². The molecule has 128 valence electrons. The van der Waals surface area contributed by atoms with E-state index in [4.69, 9.17) is 0 Å². The quantitative estimate of drug-likeness (QED) is 0.888. The number of benzene rings is 1. The van der Waals surface area contributed by atoms with Gasteiger partial charge in [0.25, 0.3) is 10.2 Å². The molecule has 0 aliphatic carbocycles. The molecule has 0 radical (unpaired) electrons. The van der Waals surface area contributed by atoms with E-state index in [0.717, 1.165) is 17.7 Å². The average molecular weight is 339 g/mol. The molecular formula is C16H25N3O3S. The van der Waals surface area contributed by atoms with Crippen molar-refractivity contribution in [3.05, 3.63) is 29.8 Å². The fourth-order valence-corrected chi connectivity index (χ4v) is 3.97. The van der Waals surface area contributed by atoms with Gasteiger partial charge in [0, 0.05) is 32.9 Å². The second kappa shape index (κ2) is 7.42. The van der Waals surface area contributed by atoms with Gasteiger partial charge in [-0.1, -0.05) is 25.1 Å². The third kappa shape index (κ3) is 4.10. The van der Waals surface area contributed by atoms with Crippen molar-refractivity contribution in [2.24, 2.45) is 5.92 Å². The first-order valence-corrected chi connectivity index (χ1v) is 9.32. The number of hydrogen-bond acceptors (Lipinski definition) is 3. The summed E-state index contributed by atoms with van der Waals surface area (Å²) in [6.45, 7) is 2.74. The van der Waals surface area contributed by atoms with E-state index in [2.05, 4.69) is 5.32 Å². The van der Waals surface area contributed by atoms with E-state index in [9.17, 15) is 13.2 Å². The summed E-state index contributed by atoms with van der Waals surface area (Å²) in [7, 11) is -0.445. The molecule has 1 saturated heterocycles. The summed E-state index contributed by atoms with van der Waals surface area (Å²) in [5.74, 6) is -0.423. The van der Waals surface area contributed by atoms with Crippen LogP contribution in [0.15, 0.2) is 24.3 Å². The zero-order valence-corrected chi connectivity index (χ0v) is 14.8. The molecule has 1 heterocycles. The SMILES string of the molecule is CCc1ccccc1NC(=O)C1CCCN(S(=O)(=O)N(C)C)C1. The lowest BCUT2D eigenvalue weighted by atomic mass is 9.98. The maximum absolute atomic E-state index is 12.5. The van der Waals surface area contributed by atoms with E-state index in [-0.39, 0.29) is 18.4 Å². The van der Waals surface area contributed by atoms with E-state index >= 15 is 0 Å². The maximum atomic E-state index is 12.5. The molecule has 6 nitrogen and oxygen atoms in total. The van der Waals surface area contributed by atoms with Gasteiger partial charge in [-0.05, 0) is 30.9 Å². The maximum Gasteiger partial charge on any atom is 0.281 e. The molecule has 0 spiro atoms. The Kier molecular flexibility index (Phi) is 5.78. The zero-order chi connectivity index (χ0) is 17.0. The van der Waals surface area contributed by atoms with Crippen LogP contribution in [0.1, 0.15) is 25.3 Å². The zero-order valence-electron chi connectivity index (χ0n) is 13.9. The second-order valence-corrected chi connectivity index (χ2v) is 8.13. The molecule has 0 bridgehead atoms. The molecule has 0 aromatic heterocycles. The Morgan fingerprint density at radius 2 is 2.04 bits per heavy atom. The summed E-state index contributed by atoms with van der Waals surface area (Å²) < 4.78 is 27.1. The summed E-state index contributed by atoms with van der Waals surface area (Å²) in [6, 6.07) is 7.70. The molecule has 1 aliphatic heterocycles. The minimum atomic E-state index is -3.47. The van der Waals surface area contributed by atoms with Gasteiger partial charge in [0.15, 0.2) is 0 Å². The largest absolute Gasteiger partial charge is 0.326 e. The number of para-hydroxylation sites is 1. The van der Waals surface area contributed by atoms with Gasteiger partial charge >= 0.3 is 0 Å².